The minimum absolute atomic E-state index is 0.0554. The first kappa shape index (κ1) is 21.1. The molecule has 1 saturated carbocycles. The maximum Gasteiger partial charge on any atom is 0.407 e. The molecule has 2 aliphatic heterocycles. The summed E-state index contributed by atoms with van der Waals surface area (Å²) in [6.07, 6.45) is 7.15. The third-order valence-electron chi connectivity index (χ3n) is 6.95. The highest BCUT2D eigenvalue weighted by Crippen LogP contribution is 2.46. The van der Waals surface area contributed by atoms with Gasteiger partial charge in [0.2, 0.25) is 0 Å². The van der Waals surface area contributed by atoms with Crippen LogP contribution < -0.4 is 5.32 Å². The van der Waals surface area contributed by atoms with Crippen molar-refractivity contribution in [2.75, 3.05) is 26.3 Å². The van der Waals surface area contributed by atoms with Gasteiger partial charge in [-0.2, -0.15) is 0 Å². The SMILES string of the molecule is CCCOC(=O)N[C@H]1C[C@@H](CN2CC[C@]3(C[C@@H]2C)OCCc2sc(CC)cc23)C1. The van der Waals surface area contributed by atoms with Crippen molar-refractivity contribution in [3.63, 3.8) is 0 Å². The molecule has 1 amide bonds. The first-order valence-corrected chi connectivity index (χ1v) is 12.3. The molecule has 6 heteroatoms. The molecule has 0 unspecified atom stereocenters. The molecule has 3 heterocycles. The van der Waals surface area contributed by atoms with Gasteiger partial charge >= 0.3 is 6.09 Å². The van der Waals surface area contributed by atoms with E-state index >= 15 is 0 Å². The number of hydrogen-bond acceptors (Lipinski definition) is 5. The number of likely N-dealkylation sites (tertiary alicyclic amines) is 1. The molecule has 29 heavy (non-hydrogen) atoms. The van der Waals surface area contributed by atoms with Crippen molar-refractivity contribution < 1.29 is 14.3 Å². The lowest BCUT2D eigenvalue weighted by atomic mass is 9.76. The molecule has 0 aromatic carbocycles. The molecule has 0 radical (unpaired) electrons. The number of amides is 1. The van der Waals surface area contributed by atoms with E-state index in [1.807, 2.05) is 18.3 Å². The topological polar surface area (TPSA) is 50.8 Å². The summed E-state index contributed by atoms with van der Waals surface area (Å²) in [6.45, 7) is 10.2. The number of ether oxygens (including phenoxy) is 2. The number of piperidine rings is 1. The lowest BCUT2D eigenvalue weighted by Gasteiger charge is -2.49. The van der Waals surface area contributed by atoms with Crippen molar-refractivity contribution in [3.8, 4) is 0 Å². The minimum Gasteiger partial charge on any atom is -0.450 e. The number of nitrogens with one attached hydrogen (secondary N) is 1. The van der Waals surface area contributed by atoms with Crippen LogP contribution in [0.5, 0.6) is 0 Å². The lowest BCUT2D eigenvalue weighted by Crippen LogP contribution is -2.54. The molecule has 4 rings (SSSR count). The molecule has 162 valence electrons. The number of alkyl carbamates (subject to hydrolysis) is 1. The second kappa shape index (κ2) is 8.94. The summed E-state index contributed by atoms with van der Waals surface area (Å²) in [5.41, 5.74) is 1.44. The number of fused-ring (bicyclic) bond motifs is 2. The van der Waals surface area contributed by atoms with E-state index < -0.39 is 0 Å². The zero-order valence-electron chi connectivity index (χ0n) is 18.2. The third-order valence-corrected chi connectivity index (χ3v) is 8.28. The molecule has 1 saturated heterocycles. The van der Waals surface area contributed by atoms with Crippen molar-refractivity contribution in [2.24, 2.45) is 5.92 Å². The quantitative estimate of drug-likeness (QED) is 0.737. The van der Waals surface area contributed by atoms with Crippen LogP contribution in [0.4, 0.5) is 4.79 Å². The molecule has 2 fully saturated rings. The van der Waals surface area contributed by atoms with E-state index in [-0.39, 0.29) is 11.7 Å². The van der Waals surface area contributed by atoms with E-state index in [0.717, 1.165) is 64.6 Å². The van der Waals surface area contributed by atoms with Crippen LogP contribution in [-0.4, -0.2) is 49.4 Å². The van der Waals surface area contributed by atoms with Gasteiger partial charge in [0, 0.05) is 41.3 Å². The van der Waals surface area contributed by atoms with Gasteiger partial charge in [-0.25, -0.2) is 4.79 Å². The summed E-state index contributed by atoms with van der Waals surface area (Å²) >= 11 is 2.00. The molecule has 1 aliphatic carbocycles. The van der Waals surface area contributed by atoms with Crippen molar-refractivity contribution >= 4 is 17.4 Å². The Morgan fingerprint density at radius 1 is 1.41 bits per heavy atom. The Bertz CT molecular complexity index is 715. The molecule has 1 N–H and O–H groups in total. The fourth-order valence-corrected chi connectivity index (χ4v) is 6.46. The molecule has 0 bridgehead atoms. The first-order chi connectivity index (χ1) is 14.0. The molecule has 2 atom stereocenters. The number of rotatable bonds is 6. The predicted octanol–water partition coefficient (Wildman–Crippen LogP) is 4.48. The Morgan fingerprint density at radius 3 is 2.97 bits per heavy atom. The summed E-state index contributed by atoms with van der Waals surface area (Å²) in [4.78, 5) is 17.4. The third kappa shape index (κ3) is 4.49. The average Bonchev–Trinajstić information content (AvgIpc) is 3.11. The lowest BCUT2D eigenvalue weighted by molar-refractivity contribution is -0.114. The highest BCUT2D eigenvalue weighted by Gasteiger charge is 2.45. The number of carbonyl (C=O) groups is 1. The molecular weight excluding hydrogens is 384 g/mol. The molecule has 5 nitrogen and oxygen atoms in total. The molecule has 3 aliphatic rings. The molecule has 1 aromatic rings. The van der Waals surface area contributed by atoms with Gasteiger partial charge in [-0.05, 0) is 63.0 Å². The smallest absolute Gasteiger partial charge is 0.407 e. The number of aryl methyl sites for hydroxylation is 1. The Hall–Kier alpha value is -1.11. The van der Waals surface area contributed by atoms with E-state index in [1.54, 1.807) is 4.88 Å². The summed E-state index contributed by atoms with van der Waals surface area (Å²) in [7, 11) is 0. The van der Waals surface area contributed by atoms with Crippen LogP contribution in [0.1, 0.15) is 68.2 Å². The van der Waals surface area contributed by atoms with Crippen LogP contribution in [0, 0.1) is 5.92 Å². The van der Waals surface area contributed by atoms with E-state index in [0.29, 0.717) is 24.6 Å². The highest BCUT2D eigenvalue weighted by molar-refractivity contribution is 7.12. The van der Waals surface area contributed by atoms with E-state index in [4.69, 9.17) is 9.47 Å². The Balaban J connectivity index is 1.28. The van der Waals surface area contributed by atoms with E-state index in [1.165, 1.54) is 10.4 Å². The van der Waals surface area contributed by atoms with Gasteiger partial charge in [0.1, 0.15) is 0 Å². The molecule has 1 aromatic heterocycles. The maximum absolute atomic E-state index is 11.7. The van der Waals surface area contributed by atoms with Gasteiger partial charge in [-0.15, -0.1) is 11.3 Å². The molecular formula is C23H36N2O3S. The highest BCUT2D eigenvalue weighted by atomic mass is 32.1. The van der Waals surface area contributed by atoms with Gasteiger partial charge in [0.25, 0.3) is 0 Å². The average molecular weight is 421 g/mol. The Kier molecular flexibility index (Phi) is 6.52. The zero-order valence-corrected chi connectivity index (χ0v) is 19.0. The molecule has 1 spiro atoms. The van der Waals surface area contributed by atoms with Crippen LogP contribution in [-0.2, 0) is 27.9 Å². The summed E-state index contributed by atoms with van der Waals surface area (Å²) in [5.74, 6) is 0.679. The van der Waals surface area contributed by atoms with Crippen LogP contribution in [0.2, 0.25) is 0 Å². The predicted molar refractivity (Wildman–Crippen MR) is 117 cm³/mol. The largest absolute Gasteiger partial charge is 0.450 e. The fraction of sp³-hybridized carbons (Fsp3) is 0.783. The van der Waals surface area contributed by atoms with Gasteiger partial charge < -0.3 is 19.7 Å². The Labute approximate surface area is 179 Å². The van der Waals surface area contributed by atoms with E-state index in [9.17, 15) is 4.79 Å². The fourth-order valence-electron chi connectivity index (χ4n) is 5.28. The number of hydrogen-bond donors (Lipinski definition) is 1. The summed E-state index contributed by atoms with van der Waals surface area (Å²) in [5, 5.41) is 3.00. The van der Waals surface area contributed by atoms with E-state index in [2.05, 4.69) is 30.1 Å². The van der Waals surface area contributed by atoms with Gasteiger partial charge in [-0.1, -0.05) is 13.8 Å². The van der Waals surface area contributed by atoms with Crippen molar-refractivity contribution in [1.29, 1.82) is 0 Å². The number of carbonyl (C=O) groups excluding carboxylic acids is 1. The van der Waals surface area contributed by atoms with Crippen molar-refractivity contribution in [1.82, 2.24) is 10.2 Å². The minimum atomic E-state index is -0.254. The Morgan fingerprint density at radius 2 is 2.24 bits per heavy atom. The van der Waals surface area contributed by atoms with Crippen LogP contribution in [0.15, 0.2) is 6.07 Å². The van der Waals surface area contributed by atoms with Gasteiger partial charge in [-0.3, -0.25) is 0 Å². The van der Waals surface area contributed by atoms with Gasteiger partial charge in [0.05, 0.1) is 18.8 Å². The standard InChI is InChI=1S/C23H36N2O3S/c1-4-9-27-22(26)24-18-11-17(12-18)15-25-8-7-23(14-16(25)3)20-13-19(5-2)29-21(20)6-10-28-23/h13,16-18H,4-12,14-15H2,1-3H3,(H,24,26)/t16-,17-,18+,23+/m0/s1. The van der Waals surface area contributed by atoms with Crippen LogP contribution >= 0.6 is 11.3 Å². The summed E-state index contributed by atoms with van der Waals surface area (Å²) < 4.78 is 11.6. The van der Waals surface area contributed by atoms with Crippen LogP contribution in [0.3, 0.4) is 0 Å². The summed E-state index contributed by atoms with van der Waals surface area (Å²) in [6, 6.07) is 3.25. The maximum atomic E-state index is 11.7. The monoisotopic (exact) mass is 420 g/mol. The van der Waals surface area contributed by atoms with Crippen LogP contribution in [0.25, 0.3) is 0 Å². The second-order valence-electron chi connectivity index (χ2n) is 9.11. The van der Waals surface area contributed by atoms with Crippen molar-refractivity contribution in [2.45, 2.75) is 83.4 Å². The zero-order chi connectivity index (χ0) is 20.4. The van der Waals surface area contributed by atoms with Gasteiger partial charge in [0.15, 0.2) is 0 Å². The second-order valence-corrected chi connectivity index (χ2v) is 10.3. The first-order valence-electron chi connectivity index (χ1n) is 11.5. The van der Waals surface area contributed by atoms with Crippen molar-refractivity contribution in [3.05, 3.63) is 21.4 Å². The number of nitrogens with zero attached hydrogens (tertiary/aromatic N) is 1. The normalized spacial score (nSPS) is 31.9. The number of thiophene rings is 1.